The van der Waals surface area contributed by atoms with E-state index >= 15 is 0 Å². The van der Waals surface area contributed by atoms with Crippen molar-refractivity contribution in [1.29, 1.82) is 0 Å². The van der Waals surface area contributed by atoms with Gasteiger partial charge in [0.05, 0.1) is 11.8 Å². The van der Waals surface area contributed by atoms with E-state index in [-0.39, 0.29) is 5.91 Å². The smallest absolute Gasteiger partial charge is 0.347 e. The molecule has 28 heavy (non-hydrogen) atoms. The molecule has 1 aromatic heterocycles. The van der Waals surface area contributed by atoms with Crippen molar-refractivity contribution >= 4 is 11.6 Å². The molecule has 0 fully saturated rings. The lowest BCUT2D eigenvalue weighted by Crippen LogP contribution is -2.82. The van der Waals surface area contributed by atoms with Crippen molar-refractivity contribution in [2.75, 3.05) is 20.6 Å². The first-order valence-electron chi connectivity index (χ1n) is 9.88. The zero-order chi connectivity index (χ0) is 19.5. The van der Waals surface area contributed by atoms with E-state index < -0.39 is 0 Å². The number of carbonyl (C=O) groups is 1. The average molecular weight is 375 g/mol. The summed E-state index contributed by atoms with van der Waals surface area (Å²) >= 11 is 0. The molecular weight excluding hydrogens is 348 g/mol. The van der Waals surface area contributed by atoms with E-state index in [1.807, 2.05) is 36.4 Å². The third-order valence-corrected chi connectivity index (χ3v) is 5.46. The van der Waals surface area contributed by atoms with Crippen LogP contribution in [-0.2, 0) is 12.8 Å². The van der Waals surface area contributed by atoms with Gasteiger partial charge in [-0.3, -0.25) is 0 Å². The number of amides is 1. The molecule has 2 N–H and O–H groups in total. The molecule has 2 aromatic carbocycles. The minimum Gasteiger partial charge on any atom is -0.464 e. The fourth-order valence-corrected chi connectivity index (χ4v) is 4.09. The minimum absolute atomic E-state index is 0.0345. The zero-order valence-electron chi connectivity index (χ0n) is 16.5. The number of furan rings is 1. The van der Waals surface area contributed by atoms with Gasteiger partial charge in [-0.05, 0) is 80.7 Å². The first kappa shape index (κ1) is 18.7. The Morgan fingerprint density at radius 2 is 1.93 bits per heavy atom. The fourth-order valence-electron chi connectivity index (χ4n) is 4.09. The third-order valence-electron chi connectivity index (χ3n) is 5.46. The molecule has 1 heterocycles. The van der Waals surface area contributed by atoms with Gasteiger partial charge in [0.2, 0.25) is 0 Å². The summed E-state index contributed by atoms with van der Waals surface area (Å²) < 4.78 is 5.40. The molecule has 0 aliphatic heterocycles. The highest BCUT2D eigenvalue weighted by Crippen LogP contribution is 2.27. The van der Waals surface area contributed by atoms with Gasteiger partial charge in [0.1, 0.15) is 11.4 Å². The van der Waals surface area contributed by atoms with E-state index in [2.05, 4.69) is 37.2 Å². The summed E-state index contributed by atoms with van der Waals surface area (Å²) in [5.74, 6) is 1.57. The molecule has 0 spiro atoms. The fraction of sp³-hybridized carbons (Fsp3) is 0.292. The van der Waals surface area contributed by atoms with Gasteiger partial charge < -0.3 is 9.32 Å². The number of quaternary nitrogens is 1. The second-order valence-corrected chi connectivity index (χ2v) is 7.96. The van der Waals surface area contributed by atoms with Gasteiger partial charge in [-0.1, -0.05) is 18.2 Å². The number of benzene rings is 2. The van der Waals surface area contributed by atoms with Crippen LogP contribution in [0.25, 0.3) is 11.3 Å². The van der Waals surface area contributed by atoms with Crippen molar-refractivity contribution in [1.82, 2.24) is 4.90 Å². The monoisotopic (exact) mass is 375 g/mol. The Balaban J connectivity index is 1.42. The molecule has 144 valence electrons. The topological polar surface area (TPSA) is 50.1 Å². The minimum atomic E-state index is 0.0345. The molecule has 1 aliphatic carbocycles. The predicted molar refractivity (Wildman–Crippen MR) is 111 cm³/mol. The van der Waals surface area contributed by atoms with Gasteiger partial charge in [-0.15, -0.1) is 0 Å². The largest absolute Gasteiger partial charge is 0.464 e. The second kappa shape index (κ2) is 8.13. The molecule has 0 bridgehead atoms. The molecule has 4 heteroatoms. The maximum absolute atomic E-state index is 12.7. The lowest BCUT2D eigenvalue weighted by molar-refractivity contribution is -0.464. The van der Waals surface area contributed by atoms with E-state index in [1.54, 1.807) is 11.6 Å². The van der Waals surface area contributed by atoms with E-state index in [9.17, 15) is 4.79 Å². The van der Waals surface area contributed by atoms with Crippen molar-refractivity contribution in [2.24, 2.45) is 5.92 Å². The number of hydrogen-bond acceptors (Lipinski definition) is 3. The van der Waals surface area contributed by atoms with Crippen LogP contribution in [-0.4, -0.2) is 31.4 Å². The van der Waals surface area contributed by atoms with Gasteiger partial charge in [-0.25, -0.2) is 10.1 Å². The lowest BCUT2D eigenvalue weighted by atomic mass is 9.83. The van der Waals surface area contributed by atoms with E-state index in [0.29, 0.717) is 5.56 Å². The maximum Gasteiger partial charge on any atom is 0.347 e. The van der Waals surface area contributed by atoms with Crippen molar-refractivity contribution in [3.8, 4) is 11.3 Å². The summed E-state index contributed by atoms with van der Waals surface area (Å²) in [5.41, 5.74) is 5.49. The Labute approximate surface area is 166 Å². The third kappa shape index (κ3) is 4.24. The Morgan fingerprint density at radius 1 is 1.11 bits per heavy atom. The van der Waals surface area contributed by atoms with Gasteiger partial charge in [0, 0.05) is 18.2 Å². The highest BCUT2D eigenvalue weighted by Gasteiger charge is 2.21. The summed E-state index contributed by atoms with van der Waals surface area (Å²) in [6.07, 6.45) is 5.11. The summed E-state index contributed by atoms with van der Waals surface area (Å²) in [4.78, 5) is 14.9. The Morgan fingerprint density at radius 3 is 2.64 bits per heavy atom. The van der Waals surface area contributed by atoms with Crippen molar-refractivity contribution in [3.63, 3.8) is 0 Å². The van der Waals surface area contributed by atoms with Crippen molar-refractivity contribution in [3.05, 3.63) is 77.6 Å². The molecule has 3 aromatic rings. The number of nitrogens with two attached hydrogens (primary N) is 1. The molecule has 0 saturated carbocycles. The number of rotatable bonds is 5. The summed E-state index contributed by atoms with van der Waals surface area (Å²) in [5, 5.41) is 1.74. The van der Waals surface area contributed by atoms with E-state index in [1.165, 1.54) is 17.5 Å². The highest BCUT2D eigenvalue weighted by atomic mass is 16.3. The highest BCUT2D eigenvalue weighted by molar-refractivity contribution is 5.88. The number of fused-ring (bicyclic) bond motifs is 1. The SMILES string of the molecule is CN(C)CC1CCc2cc([NH2+]C(=O)c3ccc(-c4ccco4)cc3)ccc2C1. The molecule has 1 atom stereocenters. The lowest BCUT2D eigenvalue weighted by Gasteiger charge is -2.27. The van der Waals surface area contributed by atoms with Crippen molar-refractivity contribution < 1.29 is 14.5 Å². The van der Waals surface area contributed by atoms with Crippen LogP contribution < -0.4 is 5.32 Å². The van der Waals surface area contributed by atoms with Gasteiger partial charge in [-0.2, -0.15) is 0 Å². The normalized spacial score (nSPS) is 16.2. The van der Waals surface area contributed by atoms with Crippen LogP contribution in [0.15, 0.2) is 65.3 Å². The van der Waals surface area contributed by atoms with Crippen LogP contribution in [0.3, 0.4) is 0 Å². The van der Waals surface area contributed by atoms with Crippen LogP contribution >= 0.6 is 0 Å². The summed E-state index contributed by atoms with van der Waals surface area (Å²) in [6, 6.07) is 17.8. The summed E-state index contributed by atoms with van der Waals surface area (Å²) in [7, 11) is 4.28. The number of nitrogens with zero attached hydrogens (tertiary/aromatic N) is 1. The van der Waals surface area contributed by atoms with E-state index in [0.717, 1.165) is 42.3 Å². The summed E-state index contributed by atoms with van der Waals surface area (Å²) in [6.45, 7) is 1.14. The van der Waals surface area contributed by atoms with Crippen LogP contribution in [0.2, 0.25) is 0 Å². The number of aryl methyl sites for hydroxylation is 1. The quantitative estimate of drug-likeness (QED) is 0.693. The molecule has 4 nitrogen and oxygen atoms in total. The first-order valence-corrected chi connectivity index (χ1v) is 9.88. The first-order chi connectivity index (χ1) is 13.6. The van der Waals surface area contributed by atoms with Crippen LogP contribution in [0, 0.1) is 5.92 Å². The van der Waals surface area contributed by atoms with Crippen molar-refractivity contribution in [2.45, 2.75) is 19.3 Å². The maximum atomic E-state index is 12.7. The number of primary amides is 1. The molecule has 4 rings (SSSR count). The standard InChI is InChI=1S/C24H26N2O2/c1-26(2)16-17-5-6-21-15-22(12-11-20(21)14-17)25-24(27)19-9-7-18(8-10-19)23-4-3-13-28-23/h3-4,7-13,15,17H,5-6,14,16H2,1-2H3,(H,25,27)/p+1. The predicted octanol–water partition coefficient (Wildman–Crippen LogP) is 3.65. The van der Waals surface area contributed by atoms with Gasteiger partial charge in [0.25, 0.3) is 0 Å². The molecule has 1 amide bonds. The Bertz CT molecular complexity index is 943. The van der Waals surface area contributed by atoms with Crippen LogP contribution in [0.5, 0.6) is 0 Å². The number of hydrogen-bond donors (Lipinski definition) is 1. The average Bonchev–Trinajstić information content (AvgIpc) is 3.22. The zero-order valence-corrected chi connectivity index (χ0v) is 16.5. The Hall–Kier alpha value is -2.69. The Kier molecular flexibility index (Phi) is 5.42. The molecule has 0 saturated heterocycles. The molecule has 1 aliphatic rings. The van der Waals surface area contributed by atoms with Crippen LogP contribution in [0.4, 0.5) is 5.69 Å². The van der Waals surface area contributed by atoms with Gasteiger partial charge >= 0.3 is 5.91 Å². The molecule has 1 unspecified atom stereocenters. The molecular formula is C24H27N2O2+. The van der Waals surface area contributed by atoms with Crippen LogP contribution in [0.1, 0.15) is 27.9 Å². The molecule has 0 radical (unpaired) electrons. The van der Waals surface area contributed by atoms with Gasteiger partial charge in [0.15, 0.2) is 0 Å². The number of carbonyl (C=O) groups excluding carboxylic acids is 1. The van der Waals surface area contributed by atoms with E-state index in [4.69, 9.17) is 4.42 Å². The second-order valence-electron chi connectivity index (χ2n) is 7.96.